The second kappa shape index (κ2) is 8.48. The van der Waals surface area contributed by atoms with Crippen LogP contribution in [0.25, 0.3) is 0 Å². The van der Waals surface area contributed by atoms with Crippen LogP contribution in [0.5, 0.6) is 0 Å². The molecule has 0 spiro atoms. The first-order valence-electron chi connectivity index (χ1n) is 8.42. The van der Waals surface area contributed by atoms with Crippen LogP contribution in [0.3, 0.4) is 0 Å². The van der Waals surface area contributed by atoms with Crippen LogP contribution in [0, 0.1) is 12.3 Å². The minimum Gasteiger partial charge on any atom is -0.337 e. The highest BCUT2D eigenvalue weighted by atomic mass is 32.2. The molecule has 1 aromatic rings. The van der Waals surface area contributed by atoms with Crippen molar-refractivity contribution in [3.63, 3.8) is 0 Å². The van der Waals surface area contributed by atoms with Gasteiger partial charge in [-0.2, -0.15) is 4.72 Å². The van der Waals surface area contributed by atoms with E-state index in [4.69, 9.17) is 6.42 Å². The predicted octanol–water partition coefficient (Wildman–Crippen LogP) is 1.20. The SMILES string of the molecule is C#CCNS(=O)(=O)c1ccc(C(=O)N2CCCC(NC(C)C)C2)cc1. The maximum Gasteiger partial charge on any atom is 0.253 e. The Hall–Kier alpha value is -1.88. The average molecular weight is 363 g/mol. The second-order valence-corrected chi connectivity index (χ2v) is 8.23. The molecule has 1 aromatic carbocycles. The van der Waals surface area contributed by atoms with Crippen LogP contribution in [0.2, 0.25) is 0 Å². The molecule has 1 aliphatic rings. The quantitative estimate of drug-likeness (QED) is 0.745. The molecule has 136 valence electrons. The van der Waals surface area contributed by atoms with Gasteiger partial charge in [0.2, 0.25) is 10.0 Å². The summed E-state index contributed by atoms with van der Waals surface area (Å²) in [6.45, 7) is 5.50. The minimum atomic E-state index is -3.64. The summed E-state index contributed by atoms with van der Waals surface area (Å²) in [5.74, 6) is 2.15. The van der Waals surface area contributed by atoms with Crippen molar-refractivity contribution in [3.8, 4) is 12.3 Å². The zero-order valence-electron chi connectivity index (χ0n) is 14.7. The van der Waals surface area contributed by atoms with E-state index in [0.29, 0.717) is 24.2 Å². The Balaban J connectivity index is 2.06. The monoisotopic (exact) mass is 363 g/mol. The number of hydrogen-bond donors (Lipinski definition) is 2. The molecule has 1 amide bonds. The van der Waals surface area contributed by atoms with Gasteiger partial charge in [-0.3, -0.25) is 4.79 Å². The summed E-state index contributed by atoms with van der Waals surface area (Å²) in [5.41, 5.74) is 0.487. The van der Waals surface area contributed by atoms with Crippen molar-refractivity contribution in [1.29, 1.82) is 0 Å². The largest absolute Gasteiger partial charge is 0.337 e. The number of carbonyl (C=O) groups excluding carboxylic acids is 1. The van der Waals surface area contributed by atoms with E-state index in [1.165, 1.54) is 12.1 Å². The Labute approximate surface area is 150 Å². The molecule has 7 heteroatoms. The normalized spacial score (nSPS) is 18.2. The van der Waals surface area contributed by atoms with Gasteiger partial charge < -0.3 is 10.2 Å². The van der Waals surface area contributed by atoms with Crippen LogP contribution in [0.1, 0.15) is 37.0 Å². The molecule has 1 fully saturated rings. The van der Waals surface area contributed by atoms with Crippen molar-refractivity contribution in [1.82, 2.24) is 14.9 Å². The van der Waals surface area contributed by atoms with Crippen molar-refractivity contribution in [2.24, 2.45) is 0 Å². The van der Waals surface area contributed by atoms with Gasteiger partial charge in [-0.1, -0.05) is 19.8 Å². The van der Waals surface area contributed by atoms with Gasteiger partial charge in [-0.15, -0.1) is 6.42 Å². The molecular weight excluding hydrogens is 338 g/mol. The van der Waals surface area contributed by atoms with Gasteiger partial charge in [0.05, 0.1) is 11.4 Å². The summed E-state index contributed by atoms with van der Waals surface area (Å²) in [4.78, 5) is 14.6. The molecule has 0 aromatic heterocycles. The summed E-state index contributed by atoms with van der Waals surface area (Å²) >= 11 is 0. The van der Waals surface area contributed by atoms with E-state index in [-0.39, 0.29) is 17.3 Å². The smallest absolute Gasteiger partial charge is 0.253 e. The zero-order valence-corrected chi connectivity index (χ0v) is 15.5. The van der Waals surface area contributed by atoms with Crippen molar-refractivity contribution in [2.45, 2.75) is 43.7 Å². The van der Waals surface area contributed by atoms with Gasteiger partial charge in [0, 0.05) is 30.7 Å². The molecule has 1 saturated heterocycles. The van der Waals surface area contributed by atoms with Crippen molar-refractivity contribution in [2.75, 3.05) is 19.6 Å². The number of terminal acetylenes is 1. The molecule has 1 aliphatic heterocycles. The van der Waals surface area contributed by atoms with Gasteiger partial charge in [-0.25, -0.2) is 8.42 Å². The van der Waals surface area contributed by atoms with Crippen LogP contribution < -0.4 is 10.0 Å². The van der Waals surface area contributed by atoms with E-state index in [9.17, 15) is 13.2 Å². The first kappa shape index (κ1) is 19.4. The molecule has 2 N–H and O–H groups in total. The number of rotatable bonds is 6. The van der Waals surface area contributed by atoms with Gasteiger partial charge in [-0.05, 0) is 37.1 Å². The predicted molar refractivity (Wildman–Crippen MR) is 97.7 cm³/mol. The number of likely N-dealkylation sites (tertiary alicyclic amines) is 1. The highest BCUT2D eigenvalue weighted by Gasteiger charge is 2.25. The third kappa shape index (κ3) is 5.30. The number of benzene rings is 1. The lowest BCUT2D eigenvalue weighted by molar-refractivity contribution is 0.0691. The van der Waals surface area contributed by atoms with Crippen LogP contribution in [-0.4, -0.2) is 50.9 Å². The fourth-order valence-corrected chi connectivity index (χ4v) is 3.88. The van der Waals surface area contributed by atoms with Gasteiger partial charge in [0.1, 0.15) is 0 Å². The summed E-state index contributed by atoms with van der Waals surface area (Å²) in [7, 11) is -3.64. The molecule has 0 bridgehead atoms. The van der Waals surface area contributed by atoms with Crippen LogP contribution in [0.15, 0.2) is 29.2 Å². The molecule has 6 nitrogen and oxygen atoms in total. The van der Waals surface area contributed by atoms with Crippen LogP contribution >= 0.6 is 0 Å². The molecule has 0 saturated carbocycles. The number of carbonyl (C=O) groups is 1. The zero-order chi connectivity index (χ0) is 18.4. The van der Waals surface area contributed by atoms with E-state index < -0.39 is 10.0 Å². The van der Waals surface area contributed by atoms with E-state index in [1.807, 2.05) is 4.90 Å². The second-order valence-electron chi connectivity index (χ2n) is 6.46. The van der Waals surface area contributed by atoms with Crippen LogP contribution in [0.4, 0.5) is 0 Å². The first-order chi connectivity index (χ1) is 11.8. The molecule has 2 rings (SSSR count). The maximum atomic E-state index is 12.7. The van der Waals surface area contributed by atoms with Gasteiger partial charge in [0.15, 0.2) is 0 Å². The molecule has 0 radical (unpaired) electrons. The fraction of sp³-hybridized carbons (Fsp3) is 0.500. The lowest BCUT2D eigenvalue weighted by atomic mass is 10.0. The lowest BCUT2D eigenvalue weighted by Gasteiger charge is -2.34. The number of hydrogen-bond acceptors (Lipinski definition) is 4. The highest BCUT2D eigenvalue weighted by Crippen LogP contribution is 2.16. The third-order valence-electron chi connectivity index (χ3n) is 4.05. The molecule has 1 atom stereocenters. The maximum absolute atomic E-state index is 12.7. The van der Waals surface area contributed by atoms with Crippen LogP contribution in [-0.2, 0) is 10.0 Å². The Kier molecular flexibility index (Phi) is 6.59. The van der Waals surface area contributed by atoms with E-state index in [0.717, 1.165) is 19.4 Å². The van der Waals surface area contributed by atoms with Crippen molar-refractivity contribution < 1.29 is 13.2 Å². The Morgan fingerprint density at radius 3 is 2.64 bits per heavy atom. The molecule has 1 unspecified atom stereocenters. The first-order valence-corrected chi connectivity index (χ1v) is 9.90. The Morgan fingerprint density at radius 1 is 1.36 bits per heavy atom. The highest BCUT2D eigenvalue weighted by molar-refractivity contribution is 7.89. The molecule has 1 heterocycles. The third-order valence-corrected chi connectivity index (χ3v) is 5.47. The van der Waals surface area contributed by atoms with E-state index in [1.54, 1.807) is 12.1 Å². The standard InChI is InChI=1S/C18H25N3O3S/c1-4-11-19-25(23,24)17-9-7-15(8-10-17)18(22)21-12-5-6-16(13-21)20-14(2)3/h1,7-10,14,16,19-20H,5-6,11-13H2,2-3H3. The number of sulfonamides is 1. The number of nitrogens with one attached hydrogen (secondary N) is 2. The number of piperidine rings is 1. The molecule has 0 aliphatic carbocycles. The Bertz CT molecular complexity index is 736. The van der Waals surface area contributed by atoms with Crippen molar-refractivity contribution in [3.05, 3.63) is 29.8 Å². The topological polar surface area (TPSA) is 78.5 Å². The van der Waals surface area contributed by atoms with Crippen molar-refractivity contribution >= 4 is 15.9 Å². The minimum absolute atomic E-state index is 0.0684. The summed E-state index contributed by atoms with van der Waals surface area (Å²) in [6.07, 6.45) is 7.08. The molecular formula is C18H25N3O3S. The summed E-state index contributed by atoms with van der Waals surface area (Å²) in [6, 6.07) is 6.63. The van der Waals surface area contributed by atoms with E-state index in [2.05, 4.69) is 29.8 Å². The summed E-state index contributed by atoms with van der Waals surface area (Å²) in [5, 5.41) is 3.47. The lowest BCUT2D eigenvalue weighted by Crippen LogP contribution is -2.49. The molecule has 25 heavy (non-hydrogen) atoms. The van der Waals surface area contributed by atoms with Gasteiger partial charge in [0.25, 0.3) is 5.91 Å². The average Bonchev–Trinajstić information content (AvgIpc) is 2.59. The fourth-order valence-electron chi connectivity index (χ4n) is 2.95. The summed E-state index contributed by atoms with van der Waals surface area (Å²) < 4.78 is 26.3. The Morgan fingerprint density at radius 2 is 2.04 bits per heavy atom. The van der Waals surface area contributed by atoms with Gasteiger partial charge >= 0.3 is 0 Å². The number of nitrogens with zero attached hydrogens (tertiary/aromatic N) is 1. The number of amides is 1. The van der Waals surface area contributed by atoms with E-state index >= 15 is 0 Å².